The number of nitrogens with zero attached hydrogens (tertiary/aromatic N) is 6. The van der Waals surface area contributed by atoms with E-state index in [1.807, 2.05) is 0 Å². The van der Waals surface area contributed by atoms with Gasteiger partial charge >= 0.3 is 22.8 Å². The topological polar surface area (TPSA) is 127 Å². The van der Waals surface area contributed by atoms with E-state index in [2.05, 4.69) is 0 Å². The third-order valence-electron chi connectivity index (χ3n) is 6.12. The van der Waals surface area contributed by atoms with Crippen LogP contribution in [0.1, 0.15) is 17.6 Å². The van der Waals surface area contributed by atoms with Crippen LogP contribution in [0.4, 0.5) is 0 Å². The van der Waals surface area contributed by atoms with E-state index in [0.29, 0.717) is 16.9 Å². The van der Waals surface area contributed by atoms with Gasteiger partial charge in [0.15, 0.2) is 0 Å². The first-order valence-corrected chi connectivity index (χ1v) is 9.59. The van der Waals surface area contributed by atoms with Gasteiger partial charge in [-0.25, -0.2) is 47.0 Å². The minimum Gasteiger partial charge on any atom is -0.507 e. The predicted octanol–water partition coefficient (Wildman–Crippen LogP) is -1.49. The molecule has 0 radical (unpaired) electrons. The molecule has 2 atom stereocenters. The molecule has 1 aromatic carbocycles. The monoisotopic (exact) mass is 428 g/mol. The van der Waals surface area contributed by atoms with Crippen LogP contribution in [0.3, 0.4) is 0 Å². The fourth-order valence-electron chi connectivity index (χ4n) is 4.54. The van der Waals surface area contributed by atoms with Crippen molar-refractivity contribution in [2.24, 2.45) is 14.1 Å². The first-order chi connectivity index (χ1) is 14.8. The van der Waals surface area contributed by atoms with Crippen LogP contribution in [0.5, 0.6) is 11.5 Å². The summed E-state index contributed by atoms with van der Waals surface area (Å²) in [6.45, 7) is 0.123. The summed E-state index contributed by atoms with van der Waals surface area (Å²) in [4.78, 5) is 51.0. The molecular weight excluding hydrogens is 408 g/mol. The van der Waals surface area contributed by atoms with Gasteiger partial charge in [0.25, 0.3) is 0 Å². The Morgan fingerprint density at radius 2 is 1.58 bits per heavy atom. The first-order valence-electron chi connectivity index (χ1n) is 9.59. The summed E-state index contributed by atoms with van der Waals surface area (Å²) in [5.41, 5.74) is -1.07. The molecule has 0 aliphatic carbocycles. The molecule has 0 saturated heterocycles. The first kappa shape index (κ1) is 19.0. The second-order valence-electron chi connectivity index (χ2n) is 7.65. The van der Waals surface area contributed by atoms with Crippen molar-refractivity contribution in [3.05, 3.63) is 77.3 Å². The molecule has 5 rings (SSSR count). The molecule has 0 unspecified atom stereocenters. The lowest BCUT2D eigenvalue weighted by Gasteiger charge is -2.37. The molecule has 0 fully saturated rings. The standard InChI is InChI=1S/C19H20N6O6/c1-20-16(27)22-7-6-11-13(24(22)18(20)29)9-23-17(28)21(2)19(30)25(23)15(11)12-5-4-10(31-3)8-14(12)26/h4-6,8,13,15,26H,7,9H2,1-3H3/t13-,15-/m1/s1. The van der Waals surface area contributed by atoms with Gasteiger partial charge < -0.3 is 9.84 Å². The van der Waals surface area contributed by atoms with Crippen molar-refractivity contribution in [3.8, 4) is 11.5 Å². The van der Waals surface area contributed by atoms with Crippen LogP contribution in [-0.4, -0.2) is 40.1 Å². The quantitative estimate of drug-likeness (QED) is 0.496. The number of phenolic OH excluding ortho intramolecular Hbond substituents is 1. The maximum atomic E-state index is 12.9. The van der Waals surface area contributed by atoms with Crippen LogP contribution >= 0.6 is 0 Å². The summed E-state index contributed by atoms with van der Waals surface area (Å²) in [5.74, 6) is 0.307. The number of rotatable bonds is 2. The Morgan fingerprint density at radius 3 is 2.23 bits per heavy atom. The molecule has 2 aromatic heterocycles. The molecule has 0 bridgehead atoms. The Morgan fingerprint density at radius 1 is 0.935 bits per heavy atom. The molecule has 4 heterocycles. The Hall–Kier alpha value is -3.96. The van der Waals surface area contributed by atoms with E-state index in [-0.39, 0.29) is 18.8 Å². The molecule has 3 aromatic rings. The molecule has 0 amide bonds. The van der Waals surface area contributed by atoms with Crippen LogP contribution in [0.15, 0.2) is 49.0 Å². The van der Waals surface area contributed by atoms with Crippen molar-refractivity contribution in [1.82, 2.24) is 27.9 Å². The van der Waals surface area contributed by atoms with Gasteiger partial charge in [0.05, 0.1) is 26.2 Å². The maximum absolute atomic E-state index is 12.9. The zero-order chi connectivity index (χ0) is 22.2. The van der Waals surface area contributed by atoms with Crippen molar-refractivity contribution < 1.29 is 9.84 Å². The zero-order valence-corrected chi connectivity index (χ0v) is 17.1. The summed E-state index contributed by atoms with van der Waals surface area (Å²) < 4.78 is 12.3. The van der Waals surface area contributed by atoms with E-state index >= 15 is 0 Å². The van der Waals surface area contributed by atoms with E-state index in [4.69, 9.17) is 4.74 Å². The van der Waals surface area contributed by atoms with Crippen LogP contribution in [0, 0.1) is 0 Å². The fourth-order valence-corrected chi connectivity index (χ4v) is 4.54. The minimum absolute atomic E-state index is 0.00246. The van der Waals surface area contributed by atoms with Gasteiger partial charge in [-0.2, -0.15) is 0 Å². The molecule has 162 valence electrons. The van der Waals surface area contributed by atoms with Gasteiger partial charge in [0.2, 0.25) is 0 Å². The summed E-state index contributed by atoms with van der Waals surface area (Å²) >= 11 is 0. The number of hydrogen-bond donors (Lipinski definition) is 1. The number of fused-ring (bicyclic) bond motifs is 4. The van der Waals surface area contributed by atoms with Gasteiger partial charge in [-0.15, -0.1) is 0 Å². The summed E-state index contributed by atoms with van der Waals surface area (Å²) in [5, 5.41) is 10.7. The summed E-state index contributed by atoms with van der Waals surface area (Å²) in [7, 11) is 4.23. The number of allylic oxidation sites excluding steroid dienone is 2. The van der Waals surface area contributed by atoms with E-state index in [0.717, 1.165) is 9.13 Å². The molecule has 12 nitrogen and oxygen atoms in total. The van der Waals surface area contributed by atoms with E-state index in [1.54, 1.807) is 18.2 Å². The lowest BCUT2D eigenvalue weighted by Crippen LogP contribution is -2.46. The van der Waals surface area contributed by atoms with Crippen molar-refractivity contribution >= 4 is 0 Å². The molecule has 2 aliphatic heterocycles. The molecule has 31 heavy (non-hydrogen) atoms. The van der Waals surface area contributed by atoms with Crippen LogP contribution in [-0.2, 0) is 27.2 Å². The molecular formula is C19H20N6O6. The summed E-state index contributed by atoms with van der Waals surface area (Å²) in [6.07, 6.45) is 1.77. The maximum Gasteiger partial charge on any atom is 0.347 e. The van der Waals surface area contributed by atoms with Gasteiger partial charge in [0.1, 0.15) is 17.5 Å². The highest BCUT2D eigenvalue weighted by molar-refractivity contribution is 5.46. The minimum atomic E-state index is -0.845. The fraction of sp³-hybridized carbons (Fsp3) is 0.368. The lowest BCUT2D eigenvalue weighted by atomic mass is 9.89. The second-order valence-corrected chi connectivity index (χ2v) is 7.65. The second kappa shape index (κ2) is 6.27. The Balaban J connectivity index is 1.83. The van der Waals surface area contributed by atoms with Crippen molar-refractivity contribution in [1.29, 1.82) is 0 Å². The van der Waals surface area contributed by atoms with Crippen LogP contribution in [0.2, 0.25) is 0 Å². The number of methoxy groups -OCH3 is 1. The van der Waals surface area contributed by atoms with Crippen LogP contribution < -0.4 is 27.5 Å². The normalized spacial score (nSPS) is 19.4. The SMILES string of the molecule is COc1ccc([C@H]2C3=CCn4c(=O)n(C)c(=O)n4[C@@H]3Cn3c(=O)n(C)c(=O)n32)c(O)c1. The van der Waals surface area contributed by atoms with Gasteiger partial charge in [-0.3, -0.25) is 0 Å². The highest BCUT2D eigenvalue weighted by Crippen LogP contribution is 2.42. The number of phenols is 1. The number of benzene rings is 1. The number of aromatic nitrogens is 6. The van der Waals surface area contributed by atoms with Gasteiger partial charge in [-0.1, -0.05) is 6.08 Å². The summed E-state index contributed by atoms with van der Waals surface area (Å²) in [6, 6.07) is 3.15. The molecule has 1 N–H and O–H groups in total. The lowest BCUT2D eigenvalue weighted by molar-refractivity contribution is 0.244. The molecule has 12 heteroatoms. The van der Waals surface area contributed by atoms with Gasteiger partial charge in [-0.05, 0) is 17.7 Å². The number of aromatic hydroxyl groups is 1. The average molecular weight is 428 g/mol. The predicted molar refractivity (Wildman–Crippen MR) is 108 cm³/mol. The average Bonchev–Trinajstić information content (AvgIpc) is 3.12. The van der Waals surface area contributed by atoms with Crippen molar-refractivity contribution in [2.45, 2.75) is 25.2 Å². The molecule has 2 aliphatic rings. The third kappa shape index (κ3) is 2.35. The largest absolute Gasteiger partial charge is 0.507 e. The Labute approximate surface area is 173 Å². The zero-order valence-electron chi connectivity index (χ0n) is 17.1. The third-order valence-corrected chi connectivity index (χ3v) is 6.12. The Bertz CT molecular complexity index is 1510. The number of hydrogen-bond acceptors (Lipinski definition) is 6. The van der Waals surface area contributed by atoms with Crippen molar-refractivity contribution in [2.75, 3.05) is 7.11 Å². The molecule has 0 saturated carbocycles. The Kier molecular flexibility index (Phi) is 3.85. The smallest absolute Gasteiger partial charge is 0.347 e. The number of ether oxygens (including phenoxy) is 1. The van der Waals surface area contributed by atoms with E-state index in [1.165, 1.54) is 46.0 Å². The molecule has 0 spiro atoms. The van der Waals surface area contributed by atoms with Gasteiger partial charge in [0, 0.05) is 25.7 Å². The van der Waals surface area contributed by atoms with E-state index < -0.39 is 34.8 Å². The van der Waals surface area contributed by atoms with Crippen LogP contribution in [0.25, 0.3) is 0 Å². The van der Waals surface area contributed by atoms with E-state index in [9.17, 15) is 24.3 Å². The van der Waals surface area contributed by atoms with Crippen molar-refractivity contribution in [3.63, 3.8) is 0 Å². The highest BCUT2D eigenvalue weighted by atomic mass is 16.5. The highest BCUT2D eigenvalue weighted by Gasteiger charge is 2.41.